The highest BCUT2D eigenvalue weighted by atomic mass is 15.3. The topological polar surface area (TPSA) is 51.8 Å². The number of likely N-dealkylation sites (tertiary alicyclic amines) is 1. The monoisotopic (exact) mass is 302 g/mol. The van der Waals surface area contributed by atoms with Crippen LogP contribution in [-0.2, 0) is 13.6 Å². The summed E-state index contributed by atoms with van der Waals surface area (Å²) in [6.07, 6.45) is 6.28. The summed E-state index contributed by atoms with van der Waals surface area (Å²) in [6, 6.07) is 0.418. The minimum atomic E-state index is 0.418. The Labute approximate surface area is 132 Å². The SMILES string of the molecule is Cc1c(CN2CCCC(c3nncn3C(C)C)C2)cnn1C. The predicted molar refractivity (Wildman–Crippen MR) is 85.6 cm³/mol. The van der Waals surface area contributed by atoms with E-state index >= 15 is 0 Å². The highest BCUT2D eigenvalue weighted by Crippen LogP contribution is 2.28. The summed E-state index contributed by atoms with van der Waals surface area (Å²) >= 11 is 0. The van der Waals surface area contributed by atoms with Crippen molar-refractivity contribution >= 4 is 0 Å². The second kappa shape index (κ2) is 6.20. The number of aryl methyl sites for hydroxylation is 1. The van der Waals surface area contributed by atoms with Crippen LogP contribution in [0.5, 0.6) is 0 Å². The lowest BCUT2D eigenvalue weighted by Gasteiger charge is -2.32. The molecule has 1 aliphatic rings. The van der Waals surface area contributed by atoms with Crippen LogP contribution < -0.4 is 0 Å². The van der Waals surface area contributed by atoms with Crippen LogP contribution in [0.1, 0.15) is 55.7 Å². The Kier molecular flexibility index (Phi) is 4.29. The van der Waals surface area contributed by atoms with E-state index in [9.17, 15) is 0 Å². The van der Waals surface area contributed by atoms with Crippen LogP contribution >= 0.6 is 0 Å². The molecule has 6 heteroatoms. The van der Waals surface area contributed by atoms with Gasteiger partial charge in [0.1, 0.15) is 12.2 Å². The summed E-state index contributed by atoms with van der Waals surface area (Å²) in [5, 5.41) is 12.9. The van der Waals surface area contributed by atoms with E-state index in [4.69, 9.17) is 0 Å². The molecule has 0 N–H and O–H groups in total. The van der Waals surface area contributed by atoms with Gasteiger partial charge in [-0.3, -0.25) is 9.58 Å². The van der Waals surface area contributed by atoms with Gasteiger partial charge in [-0.05, 0) is 40.2 Å². The Hall–Kier alpha value is -1.69. The van der Waals surface area contributed by atoms with Crippen molar-refractivity contribution in [3.8, 4) is 0 Å². The van der Waals surface area contributed by atoms with E-state index in [-0.39, 0.29) is 0 Å². The van der Waals surface area contributed by atoms with Crippen molar-refractivity contribution in [2.75, 3.05) is 13.1 Å². The molecule has 1 aliphatic heterocycles. The summed E-state index contributed by atoms with van der Waals surface area (Å²) in [5.41, 5.74) is 2.58. The van der Waals surface area contributed by atoms with E-state index in [0.29, 0.717) is 12.0 Å². The molecule has 2 aromatic rings. The molecule has 1 atom stereocenters. The van der Waals surface area contributed by atoms with Crippen molar-refractivity contribution in [2.45, 2.75) is 52.1 Å². The first-order valence-corrected chi connectivity index (χ1v) is 8.15. The van der Waals surface area contributed by atoms with E-state index in [1.165, 1.54) is 24.1 Å². The Balaban J connectivity index is 1.71. The molecule has 1 saturated heterocycles. The minimum absolute atomic E-state index is 0.418. The molecule has 1 unspecified atom stereocenters. The maximum absolute atomic E-state index is 4.39. The van der Waals surface area contributed by atoms with Gasteiger partial charge in [-0.25, -0.2) is 0 Å². The average molecular weight is 302 g/mol. The Bertz CT molecular complexity index is 626. The summed E-state index contributed by atoms with van der Waals surface area (Å²) in [5.74, 6) is 1.62. The van der Waals surface area contributed by atoms with Gasteiger partial charge < -0.3 is 4.57 Å². The maximum Gasteiger partial charge on any atom is 0.137 e. The fourth-order valence-electron chi connectivity index (χ4n) is 3.29. The largest absolute Gasteiger partial charge is 0.315 e. The molecule has 1 fully saturated rings. The molecule has 3 heterocycles. The molecule has 0 aromatic carbocycles. The first-order valence-electron chi connectivity index (χ1n) is 8.15. The van der Waals surface area contributed by atoms with Gasteiger partial charge in [0.15, 0.2) is 0 Å². The maximum atomic E-state index is 4.39. The van der Waals surface area contributed by atoms with Gasteiger partial charge in [0.25, 0.3) is 0 Å². The standard InChI is InChI=1S/C16H26N6/c1-12(2)22-11-17-19-16(22)14-6-5-7-21(9-14)10-15-8-18-20(4)13(15)3/h8,11-12,14H,5-7,9-10H2,1-4H3. The number of aromatic nitrogens is 5. The zero-order valence-electron chi connectivity index (χ0n) is 14.0. The van der Waals surface area contributed by atoms with Gasteiger partial charge in [-0.15, -0.1) is 10.2 Å². The van der Waals surface area contributed by atoms with Crippen molar-refractivity contribution in [1.82, 2.24) is 29.4 Å². The lowest BCUT2D eigenvalue weighted by atomic mass is 9.96. The van der Waals surface area contributed by atoms with Gasteiger partial charge in [0.2, 0.25) is 0 Å². The smallest absolute Gasteiger partial charge is 0.137 e. The zero-order chi connectivity index (χ0) is 15.7. The van der Waals surface area contributed by atoms with Crippen molar-refractivity contribution in [3.05, 3.63) is 29.6 Å². The third-order valence-corrected chi connectivity index (χ3v) is 4.76. The molecule has 3 rings (SSSR count). The Morgan fingerprint density at radius 2 is 2.18 bits per heavy atom. The molecule has 0 spiro atoms. The first-order chi connectivity index (χ1) is 10.6. The van der Waals surface area contributed by atoms with Gasteiger partial charge in [0, 0.05) is 43.4 Å². The van der Waals surface area contributed by atoms with Crippen LogP contribution in [-0.4, -0.2) is 42.5 Å². The second-order valence-corrected chi connectivity index (χ2v) is 6.64. The number of piperidine rings is 1. The number of hydrogen-bond donors (Lipinski definition) is 0. The van der Waals surface area contributed by atoms with E-state index in [0.717, 1.165) is 25.5 Å². The van der Waals surface area contributed by atoms with Crippen LogP contribution in [0.4, 0.5) is 0 Å². The molecule has 0 amide bonds. The molecular formula is C16H26N6. The summed E-state index contributed by atoms with van der Waals surface area (Å²) in [7, 11) is 2.00. The highest BCUT2D eigenvalue weighted by molar-refractivity contribution is 5.16. The third-order valence-electron chi connectivity index (χ3n) is 4.76. The highest BCUT2D eigenvalue weighted by Gasteiger charge is 2.26. The van der Waals surface area contributed by atoms with Crippen molar-refractivity contribution in [2.24, 2.45) is 7.05 Å². The molecule has 0 saturated carbocycles. The van der Waals surface area contributed by atoms with Crippen LogP contribution in [0.25, 0.3) is 0 Å². The van der Waals surface area contributed by atoms with Crippen molar-refractivity contribution in [3.63, 3.8) is 0 Å². The van der Waals surface area contributed by atoms with Gasteiger partial charge in [-0.2, -0.15) is 5.10 Å². The lowest BCUT2D eigenvalue weighted by molar-refractivity contribution is 0.193. The van der Waals surface area contributed by atoms with Crippen LogP contribution in [0, 0.1) is 6.92 Å². The molecule has 0 radical (unpaired) electrons. The fourth-order valence-corrected chi connectivity index (χ4v) is 3.29. The van der Waals surface area contributed by atoms with Crippen LogP contribution in [0.15, 0.2) is 12.5 Å². The Morgan fingerprint density at radius 3 is 2.86 bits per heavy atom. The summed E-state index contributed by atoms with van der Waals surface area (Å²) in [6.45, 7) is 9.70. The van der Waals surface area contributed by atoms with Crippen molar-refractivity contribution < 1.29 is 0 Å². The number of rotatable bonds is 4. The molecule has 6 nitrogen and oxygen atoms in total. The first kappa shape index (κ1) is 15.2. The minimum Gasteiger partial charge on any atom is -0.315 e. The zero-order valence-corrected chi connectivity index (χ0v) is 14.0. The molecule has 0 bridgehead atoms. The number of hydrogen-bond acceptors (Lipinski definition) is 4. The normalized spacial score (nSPS) is 20.0. The van der Waals surface area contributed by atoms with Crippen molar-refractivity contribution in [1.29, 1.82) is 0 Å². The van der Waals surface area contributed by atoms with Gasteiger partial charge >= 0.3 is 0 Å². The quantitative estimate of drug-likeness (QED) is 0.869. The summed E-state index contributed by atoms with van der Waals surface area (Å²) in [4.78, 5) is 2.53. The van der Waals surface area contributed by atoms with Crippen LogP contribution in [0.3, 0.4) is 0 Å². The molecule has 120 valence electrons. The van der Waals surface area contributed by atoms with E-state index < -0.39 is 0 Å². The third kappa shape index (κ3) is 2.92. The van der Waals surface area contributed by atoms with Gasteiger partial charge in [0.05, 0.1) is 6.20 Å². The summed E-state index contributed by atoms with van der Waals surface area (Å²) < 4.78 is 4.16. The van der Waals surface area contributed by atoms with E-state index in [2.05, 4.69) is 45.5 Å². The average Bonchev–Trinajstić information content (AvgIpc) is 3.10. The van der Waals surface area contributed by atoms with Gasteiger partial charge in [-0.1, -0.05) is 0 Å². The van der Waals surface area contributed by atoms with Crippen LogP contribution in [0.2, 0.25) is 0 Å². The van der Waals surface area contributed by atoms with E-state index in [1.807, 2.05) is 24.3 Å². The molecule has 0 aliphatic carbocycles. The number of nitrogens with zero attached hydrogens (tertiary/aromatic N) is 6. The molecule has 2 aromatic heterocycles. The predicted octanol–water partition coefficient (Wildman–Crippen LogP) is 2.28. The fraction of sp³-hybridized carbons (Fsp3) is 0.688. The van der Waals surface area contributed by atoms with E-state index in [1.54, 1.807) is 0 Å². The molecular weight excluding hydrogens is 276 g/mol. The lowest BCUT2D eigenvalue weighted by Crippen LogP contribution is -2.35. The second-order valence-electron chi connectivity index (χ2n) is 6.64. The Morgan fingerprint density at radius 1 is 1.36 bits per heavy atom. The molecule has 22 heavy (non-hydrogen) atoms.